The van der Waals surface area contributed by atoms with Gasteiger partial charge in [-0.2, -0.15) is 0 Å². The van der Waals surface area contributed by atoms with Crippen LogP contribution in [0.25, 0.3) is 0 Å². The molecule has 9 nitrogen and oxygen atoms in total. The Morgan fingerprint density at radius 2 is 0.719 bits per heavy atom. The highest BCUT2D eigenvalue weighted by Gasteiger charge is 2.60. The zero-order valence-corrected chi connectivity index (χ0v) is 42.2. The molecule has 0 spiro atoms. The highest BCUT2D eigenvalue weighted by atomic mass is 31.2. The minimum absolute atomic E-state index is 0.0423. The second-order valence-electron chi connectivity index (χ2n) is 19.6. The summed E-state index contributed by atoms with van der Waals surface area (Å²) in [5.41, 5.74) is 3.68. The molecule has 0 amide bonds. The molecule has 0 aromatic heterocycles. The van der Waals surface area contributed by atoms with Crippen LogP contribution in [0, 0.1) is 0 Å². The molecule has 0 heterocycles. The van der Waals surface area contributed by atoms with E-state index in [0.29, 0.717) is 5.75 Å². The molecule has 1 aliphatic rings. The maximum atomic E-state index is 15.7. The summed E-state index contributed by atoms with van der Waals surface area (Å²) in [5, 5.41) is -0.420. The largest absolute Gasteiger partial charge is 0.530 e. The summed E-state index contributed by atoms with van der Waals surface area (Å²) in [4.78, 5) is 0. The minimum Gasteiger partial charge on any atom is -0.408 e. The van der Waals surface area contributed by atoms with E-state index in [2.05, 4.69) is 79.9 Å². The molecule has 3 unspecified atom stereocenters. The second-order valence-corrected chi connectivity index (χ2v) is 30.7. The summed E-state index contributed by atoms with van der Waals surface area (Å²) in [6, 6.07) is 48.6. The van der Waals surface area contributed by atoms with E-state index in [1.807, 2.05) is 127 Å². The van der Waals surface area contributed by atoms with Crippen molar-refractivity contribution >= 4 is 24.5 Å². The Labute approximate surface area is 384 Å². The highest BCUT2D eigenvalue weighted by molar-refractivity contribution is 7.48. The summed E-state index contributed by atoms with van der Waals surface area (Å²) in [5.74, 6) is 0.324. The molecular weight excluding hydrogens is 856 g/mol. The molecule has 0 bridgehead atoms. The number of ether oxygens (including phenoxy) is 3. The van der Waals surface area contributed by atoms with E-state index in [1.165, 1.54) is 0 Å². The van der Waals surface area contributed by atoms with Crippen molar-refractivity contribution in [2.45, 2.75) is 141 Å². The van der Waals surface area contributed by atoms with Gasteiger partial charge in [0.25, 0.3) is 0 Å². The van der Waals surface area contributed by atoms with Crippen LogP contribution in [0.1, 0.15) is 63.8 Å². The average Bonchev–Trinajstić information content (AvgIpc) is 3.26. The van der Waals surface area contributed by atoms with E-state index in [-0.39, 0.29) is 36.5 Å². The van der Waals surface area contributed by atoms with Crippen molar-refractivity contribution in [3.8, 4) is 5.75 Å². The highest BCUT2D eigenvalue weighted by Crippen LogP contribution is 2.55. The topological polar surface area (TPSA) is 90.9 Å². The van der Waals surface area contributed by atoms with Gasteiger partial charge in [0.05, 0.1) is 26.4 Å². The van der Waals surface area contributed by atoms with Crippen molar-refractivity contribution in [2.75, 3.05) is 0 Å². The third kappa shape index (κ3) is 13.4. The molecule has 0 saturated heterocycles. The SMILES string of the molecule is CC(C)(C)[Si](C)(C)O[C@@H]1C(OCc2ccccc2)[C@H](O[Si](C)(C)C(C)(C)C)[C@@H](OCc2ccccc2)C(OP(=O)(OCc2ccccc2)Oc2ccccc2)[C@@H]1OCc1ccccc1. The first-order valence-electron chi connectivity index (χ1n) is 22.4. The molecule has 1 fully saturated rings. The Bertz CT molecular complexity index is 2100. The maximum Gasteiger partial charge on any atom is 0.530 e. The molecule has 1 aliphatic carbocycles. The maximum absolute atomic E-state index is 15.7. The monoisotopic (exact) mass is 924 g/mol. The Morgan fingerprint density at radius 1 is 0.422 bits per heavy atom. The van der Waals surface area contributed by atoms with E-state index in [0.717, 1.165) is 22.3 Å². The van der Waals surface area contributed by atoms with Gasteiger partial charge in [-0.05, 0) is 70.7 Å². The van der Waals surface area contributed by atoms with E-state index in [1.54, 1.807) is 12.1 Å². The zero-order chi connectivity index (χ0) is 46.0. The second kappa shape index (κ2) is 21.7. The molecule has 0 N–H and O–H groups in total. The number of benzene rings is 5. The van der Waals surface area contributed by atoms with Crippen molar-refractivity contribution in [2.24, 2.45) is 0 Å². The number of para-hydroxylation sites is 1. The zero-order valence-electron chi connectivity index (χ0n) is 39.3. The fourth-order valence-electron chi connectivity index (χ4n) is 6.98. The summed E-state index contributed by atoms with van der Waals surface area (Å²) < 4.78 is 72.2. The third-order valence-corrected chi connectivity index (χ3v) is 23.0. The van der Waals surface area contributed by atoms with Gasteiger partial charge >= 0.3 is 7.82 Å². The molecule has 1 saturated carbocycles. The van der Waals surface area contributed by atoms with Crippen molar-refractivity contribution in [1.82, 2.24) is 0 Å². The lowest BCUT2D eigenvalue weighted by molar-refractivity contribution is -0.252. The molecule has 7 atom stereocenters. The first-order valence-corrected chi connectivity index (χ1v) is 29.7. The summed E-state index contributed by atoms with van der Waals surface area (Å²) in [6.45, 7) is 22.8. The van der Waals surface area contributed by atoms with E-state index >= 15 is 4.57 Å². The summed E-state index contributed by atoms with van der Waals surface area (Å²) in [7, 11) is -9.84. The number of phosphoric ester groups is 1. The van der Waals surface area contributed by atoms with Crippen LogP contribution in [0.2, 0.25) is 36.3 Å². The van der Waals surface area contributed by atoms with Gasteiger partial charge < -0.3 is 27.6 Å². The van der Waals surface area contributed by atoms with Crippen molar-refractivity contribution in [3.05, 3.63) is 174 Å². The lowest BCUT2D eigenvalue weighted by atomic mass is 9.84. The van der Waals surface area contributed by atoms with Crippen LogP contribution in [-0.2, 0) is 63.1 Å². The Balaban J connectivity index is 1.57. The number of hydrogen-bond donors (Lipinski definition) is 0. The first-order chi connectivity index (χ1) is 30.3. The molecule has 12 heteroatoms. The van der Waals surface area contributed by atoms with Crippen molar-refractivity contribution in [3.63, 3.8) is 0 Å². The van der Waals surface area contributed by atoms with E-state index in [4.69, 9.17) is 36.6 Å². The van der Waals surface area contributed by atoms with E-state index < -0.39 is 61.1 Å². The van der Waals surface area contributed by atoms with Crippen molar-refractivity contribution in [1.29, 1.82) is 0 Å². The van der Waals surface area contributed by atoms with Gasteiger partial charge in [0, 0.05) is 0 Å². The molecular formula is C52H69O9PSi2. The minimum atomic E-state index is -4.53. The molecule has 344 valence electrons. The van der Waals surface area contributed by atoms with Crippen LogP contribution < -0.4 is 4.52 Å². The van der Waals surface area contributed by atoms with Crippen LogP contribution >= 0.6 is 7.82 Å². The van der Waals surface area contributed by atoms with Gasteiger partial charge in [0.15, 0.2) is 16.6 Å². The third-order valence-electron chi connectivity index (χ3n) is 12.7. The fraction of sp³-hybridized carbons (Fsp3) is 0.423. The average molecular weight is 925 g/mol. The predicted molar refractivity (Wildman–Crippen MR) is 260 cm³/mol. The van der Waals surface area contributed by atoms with E-state index in [9.17, 15) is 0 Å². The molecule has 5 aromatic carbocycles. The molecule has 0 radical (unpaired) electrons. The first kappa shape index (κ1) is 49.7. The van der Waals surface area contributed by atoms with Gasteiger partial charge in [-0.1, -0.05) is 181 Å². The standard InChI is InChI=1S/C52H69O9PSi2/c1-51(2,3)63(7,8)60-49-45(54-36-40-26-16-11-17-27-40)48(59-62(53,58-44-34-24-15-25-35-44)57-39-43-32-22-14-23-33-43)46(55-37-41-28-18-12-19-29-41)50(61-64(9,10)52(4,5)6)47(49)56-38-42-30-20-13-21-31-42/h11-35,45-50H,36-39H2,1-10H3/t45-,46-,47?,48?,49-,50+,62?/m0/s1. The van der Waals surface area contributed by atoms with Gasteiger partial charge in [0.2, 0.25) is 0 Å². The Hall–Kier alpha value is -3.72. The van der Waals surface area contributed by atoms with Crippen LogP contribution in [0.4, 0.5) is 0 Å². The normalized spacial score (nSPS) is 21.8. The Kier molecular flexibility index (Phi) is 16.9. The van der Waals surface area contributed by atoms with Crippen molar-refractivity contribution < 1.29 is 41.2 Å². The quantitative estimate of drug-likeness (QED) is 0.0559. The lowest BCUT2D eigenvalue weighted by Crippen LogP contribution is -2.70. The van der Waals surface area contributed by atoms with Crippen LogP contribution in [0.3, 0.4) is 0 Å². The van der Waals surface area contributed by atoms with Gasteiger partial charge in [-0.25, -0.2) is 4.57 Å². The van der Waals surface area contributed by atoms with Gasteiger partial charge in [-0.15, -0.1) is 0 Å². The predicted octanol–water partition coefficient (Wildman–Crippen LogP) is 13.3. The fourth-order valence-corrected chi connectivity index (χ4v) is 11.0. The van der Waals surface area contributed by atoms with Crippen LogP contribution in [0.15, 0.2) is 152 Å². The van der Waals surface area contributed by atoms with Crippen LogP contribution in [-0.4, -0.2) is 53.3 Å². The molecule has 0 aliphatic heterocycles. The molecule has 6 rings (SSSR count). The number of hydrogen-bond acceptors (Lipinski definition) is 9. The number of phosphoric acid groups is 1. The molecule has 5 aromatic rings. The summed E-state index contributed by atoms with van der Waals surface area (Å²) in [6.07, 6.45) is -5.29. The van der Waals surface area contributed by atoms with Gasteiger partial charge in [-0.3, -0.25) is 9.05 Å². The number of rotatable bonds is 20. The van der Waals surface area contributed by atoms with Gasteiger partial charge in [0.1, 0.15) is 42.4 Å². The Morgan fingerprint density at radius 3 is 1.05 bits per heavy atom. The van der Waals surface area contributed by atoms with Crippen LogP contribution in [0.5, 0.6) is 5.75 Å². The molecule has 64 heavy (non-hydrogen) atoms. The summed E-state index contributed by atoms with van der Waals surface area (Å²) >= 11 is 0. The smallest absolute Gasteiger partial charge is 0.408 e. The lowest BCUT2D eigenvalue weighted by Gasteiger charge is -2.54.